The lowest BCUT2D eigenvalue weighted by atomic mass is 9.94. The van der Waals surface area contributed by atoms with Gasteiger partial charge < -0.3 is 0 Å². The van der Waals surface area contributed by atoms with Crippen molar-refractivity contribution < 1.29 is 0 Å². The molecule has 2 bridgehead atoms. The van der Waals surface area contributed by atoms with Crippen molar-refractivity contribution in [2.24, 2.45) is 0 Å². The van der Waals surface area contributed by atoms with E-state index in [9.17, 15) is 0 Å². The molecule has 0 saturated heterocycles. The highest BCUT2D eigenvalue weighted by atomic mass is 14.1. The molecule has 4 rings (SSSR count). The zero-order valence-corrected chi connectivity index (χ0v) is 8.40. The van der Waals surface area contributed by atoms with Crippen LogP contribution in [0, 0.1) is 6.92 Å². The van der Waals surface area contributed by atoms with Crippen molar-refractivity contribution in [3.05, 3.63) is 71.3 Å². The largest absolute Gasteiger partial charge is 0.0622 e. The molecule has 0 spiro atoms. The van der Waals surface area contributed by atoms with Gasteiger partial charge in [0.2, 0.25) is 0 Å². The van der Waals surface area contributed by atoms with Crippen molar-refractivity contribution in [2.45, 2.75) is 13.3 Å². The molecule has 0 fully saturated rings. The second-order valence-electron chi connectivity index (χ2n) is 3.65. The van der Waals surface area contributed by atoms with Gasteiger partial charge in [0.15, 0.2) is 0 Å². The summed E-state index contributed by atoms with van der Waals surface area (Å²) in [5.41, 5.74) is 4.29. The molecule has 0 nitrogen and oxygen atoms in total. The molecular weight excluding hydrogens is 168 g/mol. The summed E-state index contributed by atoms with van der Waals surface area (Å²) in [6.45, 7) is 2.08. The Morgan fingerprint density at radius 1 is 0.786 bits per heavy atom. The van der Waals surface area contributed by atoms with Crippen molar-refractivity contribution in [2.75, 3.05) is 0 Å². The number of benzene rings is 2. The maximum absolute atomic E-state index is 2.22. The summed E-state index contributed by atoms with van der Waals surface area (Å²) in [6, 6.07) is 18.9. The summed E-state index contributed by atoms with van der Waals surface area (Å²) < 4.78 is 0. The van der Waals surface area contributed by atoms with Crippen LogP contribution in [0.4, 0.5) is 0 Å². The number of aryl methyl sites for hydroxylation is 1. The standard InChI is InChI=1S/C7H6.C7H8/c1-2-6-4-7(3-1)5-6;1-7-5-3-2-4-6-7/h1-4H,5H2;2-6H,1H3. The van der Waals surface area contributed by atoms with E-state index in [1.54, 1.807) is 0 Å². The molecule has 0 heteroatoms. The van der Waals surface area contributed by atoms with E-state index in [1.165, 1.54) is 23.1 Å². The summed E-state index contributed by atoms with van der Waals surface area (Å²) in [4.78, 5) is 0. The second-order valence-corrected chi connectivity index (χ2v) is 3.65. The second kappa shape index (κ2) is 4.10. The van der Waals surface area contributed by atoms with Crippen LogP contribution in [0.2, 0.25) is 0 Å². The molecule has 0 aliphatic heterocycles. The molecule has 2 aromatic rings. The van der Waals surface area contributed by atoms with Crippen LogP contribution in [0.25, 0.3) is 0 Å². The predicted octanol–water partition coefficient (Wildman–Crippen LogP) is 3.59. The van der Waals surface area contributed by atoms with Crippen LogP contribution >= 0.6 is 0 Å². The summed E-state index contributed by atoms with van der Waals surface area (Å²) >= 11 is 0. The number of rotatable bonds is 0. The van der Waals surface area contributed by atoms with Gasteiger partial charge in [0, 0.05) is 0 Å². The molecule has 0 radical (unpaired) electrons. The minimum Gasteiger partial charge on any atom is -0.0622 e. The first-order valence-corrected chi connectivity index (χ1v) is 4.94. The normalized spacial score (nSPS) is 10.9. The average molecular weight is 182 g/mol. The molecule has 0 unspecified atom stereocenters. The van der Waals surface area contributed by atoms with Crippen LogP contribution in [0.3, 0.4) is 0 Å². The van der Waals surface area contributed by atoms with E-state index in [2.05, 4.69) is 43.3 Å². The summed E-state index contributed by atoms with van der Waals surface area (Å²) in [5, 5.41) is 0. The smallest absolute Gasteiger partial charge is 0.00256 e. The van der Waals surface area contributed by atoms with Gasteiger partial charge in [-0.25, -0.2) is 0 Å². The Hall–Kier alpha value is -1.56. The highest BCUT2D eigenvalue weighted by Crippen LogP contribution is 2.18. The van der Waals surface area contributed by atoms with Crippen molar-refractivity contribution in [3.8, 4) is 0 Å². The first kappa shape index (κ1) is 9.01. The molecule has 2 aliphatic rings. The van der Waals surface area contributed by atoms with Gasteiger partial charge in [-0.05, 0) is 24.5 Å². The molecule has 0 amide bonds. The molecule has 14 heavy (non-hydrogen) atoms. The van der Waals surface area contributed by atoms with E-state index in [0.717, 1.165) is 0 Å². The Bertz CT molecular complexity index is 358. The van der Waals surface area contributed by atoms with Crippen molar-refractivity contribution in [1.29, 1.82) is 0 Å². The maximum Gasteiger partial charge on any atom is -0.00256 e. The fourth-order valence-electron chi connectivity index (χ4n) is 1.49. The molecule has 0 N–H and O–H groups in total. The summed E-state index contributed by atoms with van der Waals surface area (Å²) in [5.74, 6) is 0. The molecule has 70 valence electrons. The minimum atomic E-state index is 1.22. The Kier molecular flexibility index (Phi) is 2.64. The van der Waals surface area contributed by atoms with Gasteiger partial charge in [-0.3, -0.25) is 0 Å². The summed E-state index contributed by atoms with van der Waals surface area (Å²) in [6.07, 6.45) is 1.22. The number of hydrogen-bond acceptors (Lipinski definition) is 0. The molecule has 0 atom stereocenters. The Morgan fingerprint density at radius 3 is 1.57 bits per heavy atom. The SMILES string of the molecule is Cc1ccccc1.c1cc2cc(c1)C2. The zero-order chi connectivity index (χ0) is 9.80. The fraction of sp³-hybridized carbons (Fsp3) is 0.143. The van der Waals surface area contributed by atoms with E-state index in [0.29, 0.717) is 0 Å². The topological polar surface area (TPSA) is 0 Å². The third-order valence-electron chi connectivity index (χ3n) is 2.34. The lowest BCUT2D eigenvalue weighted by Gasteiger charge is -2.11. The quantitative estimate of drug-likeness (QED) is 0.498. The van der Waals surface area contributed by atoms with Crippen LogP contribution in [-0.2, 0) is 6.42 Å². The molecule has 0 heterocycles. The minimum absolute atomic E-state index is 1.22. The number of hydrogen-bond donors (Lipinski definition) is 0. The van der Waals surface area contributed by atoms with Gasteiger partial charge >= 0.3 is 0 Å². The Morgan fingerprint density at radius 2 is 1.36 bits per heavy atom. The van der Waals surface area contributed by atoms with Crippen molar-refractivity contribution in [1.82, 2.24) is 0 Å². The van der Waals surface area contributed by atoms with Gasteiger partial charge in [-0.15, -0.1) is 0 Å². The molecular formula is C14H14. The van der Waals surface area contributed by atoms with Crippen LogP contribution in [0.15, 0.2) is 54.6 Å². The number of fused-ring (bicyclic) bond motifs is 2. The molecule has 0 aromatic heterocycles. The van der Waals surface area contributed by atoms with E-state index < -0.39 is 0 Å². The molecule has 2 aliphatic carbocycles. The van der Waals surface area contributed by atoms with E-state index in [-0.39, 0.29) is 0 Å². The molecule has 0 saturated carbocycles. The first-order valence-electron chi connectivity index (χ1n) is 4.94. The third-order valence-corrected chi connectivity index (χ3v) is 2.34. The summed E-state index contributed by atoms with van der Waals surface area (Å²) in [7, 11) is 0. The fourth-order valence-corrected chi connectivity index (χ4v) is 1.49. The van der Waals surface area contributed by atoms with Crippen LogP contribution in [-0.4, -0.2) is 0 Å². The van der Waals surface area contributed by atoms with Crippen molar-refractivity contribution >= 4 is 0 Å². The Balaban J connectivity index is 0.000000107. The van der Waals surface area contributed by atoms with Gasteiger partial charge in [-0.1, -0.05) is 60.2 Å². The van der Waals surface area contributed by atoms with E-state index in [4.69, 9.17) is 0 Å². The lowest BCUT2D eigenvalue weighted by molar-refractivity contribution is 1.09. The van der Waals surface area contributed by atoms with Gasteiger partial charge in [-0.2, -0.15) is 0 Å². The van der Waals surface area contributed by atoms with Crippen LogP contribution < -0.4 is 0 Å². The lowest BCUT2D eigenvalue weighted by Crippen LogP contribution is -1.97. The third kappa shape index (κ3) is 2.23. The first-order chi connectivity index (χ1) is 6.84. The highest BCUT2D eigenvalue weighted by molar-refractivity contribution is 5.37. The maximum atomic E-state index is 2.22. The van der Waals surface area contributed by atoms with Gasteiger partial charge in [0.1, 0.15) is 0 Å². The Labute approximate surface area is 85.2 Å². The van der Waals surface area contributed by atoms with Gasteiger partial charge in [0.05, 0.1) is 0 Å². The average Bonchev–Trinajstić information content (AvgIpc) is 2.20. The van der Waals surface area contributed by atoms with Crippen molar-refractivity contribution in [3.63, 3.8) is 0 Å². The van der Waals surface area contributed by atoms with Crippen LogP contribution in [0.1, 0.15) is 16.7 Å². The monoisotopic (exact) mass is 182 g/mol. The van der Waals surface area contributed by atoms with Crippen LogP contribution in [0.5, 0.6) is 0 Å². The zero-order valence-electron chi connectivity index (χ0n) is 8.40. The van der Waals surface area contributed by atoms with E-state index in [1.807, 2.05) is 18.2 Å². The van der Waals surface area contributed by atoms with Gasteiger partial charge in [0.25, 0.3) is 0 Å². The predicted molar refractivity (Wildman–Crippen MR) is 60.4 cm³/mol. The van der Waals surface area contributed by atoms with E-state index >= 15 is 0 Å². The highest BCUT2D eigenvalue weighted by Gasteiger charge is 2.04. The molecule has 2 aromatic carbocycles.